The van der Waals surface area contributed by atoms with Gasteiger partial charge in [0.05, 0.1) is 22.7 Å². The van der Waals surface area contributed by atoms with E-state index in [-0.39, 0.29) is 12.5 Å². The summed E-state index contributed by atoms with van der Waals surface area (Å²) in [5.41, 5.74) is 2.93. The van der Waals surface area contributed by atoms with Crippen molar-refractivity contribution in [3.63, 3.8) is 0 Å². The third kappa shape index (κ3) is 5.45. The van der Waals surface area contributed by atoms with Crippen molar-refractivity contribution in [1.82, 2.24) is 9.88 Å². The molecule has 36 heavy (non-hydrogen) atoms. The highest BCUT2D eigenvalue weighted by Gasteiger charge is 2.32. The summed E-state index contributed by atoms with van der Waals surface area (Å²) in [5, 5.41) is 0. The van der Waals surface area contributed by atoms with Crippen LogP contribution >= 0.6 is 24.0 Å². The summed E-state index contributed by atoms with van der Waals surface area (Å²) in [6, 6.07) is 25.8. The first kappa shape index (κ1) is 23.7. The zero-order valence-electron chi connectivity index (χ0n) is 19.0. The van der Waals surface area contributed by atoms with Crippen LogP contribution in [0.25, 0.3) is 17.4 Å². The van der Waals surface area contributed by atoms with Gasteiger partial charge in [-0.3, -0.25) is 14.7 Å². The minimum atomic E-state index is -0.426. The fourth-order valence-electron chi connectivity index (χ4n) is 3.59. The van der Waals surface area contributed by atoms with E-state index in [1.54, 1.807) is 59.6 Å². The highest BCUT2D eigenvalue weighted by atomic mass is 32.2. The predicted molar refractivity (Wildman–Crippen MR) is 143 cm³/mol. The number of thioether (sulfide) groups is 1. The topological polar surface area (TPSA) is 72.6 Å². The molecule has 5 rings (SSSR count). The van der Waals surface area contributed by atoms with Gasteiger partial charge in [0.2, 0.25) is 0 Å². The van der Waals surface area contributed by atoms with Crippen LogP contribution in [-0.4, -0.2) is 26.1 Å². The summed E-state index contributed by atoms with van der Waals surface area (Å²) in [6.07, 6.45) is 3.36. The summed E-state index contributed by atoms with van der Waals surface area (Å²) in [6.45, 7) is 0.545. The lowest BCUT2D eigenvalue weighted by Gasteiger charge is -2.14. The monoisotopic (exact) mass is 512 g/mol. The standard InChI is InChI=1S/C28H20N2O4S2/c31-26-25(36-28(35)30(26)17-19-6-2-1-3-7-19)16-23-13-14-24(34-23)20-9-11-21(12-10-20)27(32)33-18-22-8-4-5-15-29-22/h1-16H,17-18H2/b25-16+. The van der Waals surface area contributed by atoms with E-state index in [1.807, 2.05) is 42.5 Å². The molecule has 178 valence electrons. The number of hydrogen-bond donors (Lipinski definition) is 0. The molecular weight excluding hydrogens is 492 g/mol. The highest BCUT2D eigenvalue weighted by molar-refractivity contribution is 8.26. The quantitative estimate of drug-likeness (QED) is 0.168. The van der Waals surface area contributed by atoms with E-state index in [2.05, 4.69) is 4.98 Å². The minimum Gasteiger partial charge on any atom is -0.457 e. The van der Waals surface area contributed by atoms with Crippen LogP contribution in [-0.2, 0) is 22.7 Å². The first-order valence-corrected chi connectivity index (χ1v) is 12.4. The largest absolute Gasteiger partial charge is 0.457 e. The molecule has 0 N–H and O–H groups in total. The molecule has 0 saturated carbocycles. The Kier molecular flexibility index (Phi) is 7.06. The van der Waals surface area contributed by atoms with E-state index in [1.165, 1.54) is 11.8 Å². The Morgan fingerprint density at radius 1 is 1.00 bits per heavy atom. The van der Waals surface area contributed by atoms with Crippen LogP contribution in [0.15, 0.2) is 100 Å². The second kappa shape index (κ2) is 10.7. The van der Waals surface area contributed by atoms with Gasteiger partial charge in [-0.15, -0.1) is 0 Å². The SMILES string of the molecule is O=C(OCc1ccccn1)c1ccc(-c2ccc(/C=C3/SC(=S)N(Cc4ccccc4)C3=O)o2)cc1. The van der Waals surface area contributed by atoms with Crippen LogP contribution in [0.4, 0.5) is 0 Å². The number of nitrogens with zero attached hydrogens (tertiary/aromatic N) is 2. The van der Waals surface area contributed by atoms with Gasteiger partial charge in [-0.05, 0) is 42.0 Å². The Labute approximate surface area is 217 Å². The average molecular weight is 513 g/mol. The highest BCUT2D eigenvalue weighted by Crippen LogP contribution is 2.34. The first-order valence-electron chi connectivity index (χ1n) is 11.1. The number of ether oxygens (including phenoxy) is 1. The van der Waals surface area contributed by atoms with E-state index in [0.29, 0.717) is 38.5 Å². The molecule has 1 saturated heterocycles. The fourth-order valence-corrected chi connectivity index (χ4v) is 4.83. The maximum atomic E-state index is 12.9. The molecule has 0 bridgehead atoms. The maximum absolute atomic E-state index is 12.9. The summed E-state index contributed by atoms with van der Waals surface area (Å²) >= 11 is 6.69. The Bertz CT molecular complexity index is 1430. The third-order valence-electron chi connectivity index (χ3n) is 5.44. The van der Waals surface area contributed by atoms with Crippen molar-refractivity contribution < 1.29 is 18.7 Å². The van der Waals surface area contributed by atoms with E-state index in [9.17, 15) is 9.59 Å². The second-order valence-electron chi connectivity index (χ2n) is 7.93. The Morgan fingerprint density at radius 2 is 1.78 bits per heavy atom. The van der Waals surface area contributed by atoms with E-state index in [4.69, 9.17) is 21.4 Å². The molecule has 0 aliphatic carbocycles. The van der Waals surface area contributed by atoms with Crippen molar-refractivity contribution in [3.05, 3.63) is 119 Å². The van der Waals surface area contributed by atoms with Gasteiger partial charge in [0.25, 0.3) is 5.91 Å². The van der Waals surface area contributed by atoms with Crippen molar-refractivity contribution in [2.45, 2.75) is 13.2 Å². The smallest absolute Gasteiger partial charge is 0.338 e. The van der Waals surface area contributed by atoms with Gasteiger partial charge in [0.15, 0.2) is 0 Å². The number of hydrogen-bond acceptors (Lipinski definition) is 7. The van der Waals surface area contributed by atoms with Crippen molar-refractivity contribution in [3.8, 4) is 11.3 Å². The predicted octanol–water partition coefficient (Wildman–Crippen LogP) is 6.10. The van der Waals surface area contributed by atoms with Crippen LogP contribution < -0.4 is 0 Å². The van der Waals surface area contributed by atoms with Crippen LogP contribution in [0.5, 0.6) is 0 Å². The summed E-state index contributed by atoms with van der Waals surface area (Å²) in [4.78, 5) is 31.5. The molecule has 2 aromatic heterocycles. The number of rotatable bonds is 7. The summed E-state index contributed by atoms with van der Waals surface area (Å²) in [5.74, 6) is 0.601. The molecule has 6 nitrogen and oxygen atoms in total. The van der Waals surface area contributed by atoms with Crippen molar-refractivity contribution >= 4 is 46.3 Å². The lowest BCUT2D eigenvalue weighted by molar-refractivity contribution is -0.122. The molecule has 8 heteroatoms. The normalized spacial score (nSPS) is 14.4. The number of pyridine rings is 1. The lowest BCUT2D eigenvalue weighted by Crippen LogP contribution is -2.27. The molecule has 2 aromatic carbocycles. The minimum absolute atomic E-state index is 0.112. The van der Waals surface area contributed by atoms with Crippen LogP contribution in [0.3, 0.4) is 0 Å². The van der Waals surface area contributed by atoms with Crippen LogP contribution in [0.1, 0.15) is 27.4 Å². The molecule has 1 amide bonds. The number of furan rings is 1. The summed E-state index contributed by atoms with van der Waals surface area (Å²) in [7, 11) is 0. The molecular formula is C28H20N2O4S2. The Morgan fingerprint density at radius 3 is 2.53 bits per heavy atom. The van der Waals surface area contributed by atoms with Gasteiger partial charge in [0, 0.05) is 17.8 Å². The number of amides is 1. The zero-order valence-corrected chi connectivity index (χ0v) is 20.6. The lowest BCUT2D eigenvalue weighted by atomic mass is 10.1. The average Bonchev–Trinajstić information content (AvgIpc) is 3.49. The molecule has 1 aliphatic heterocycles. The second-order valence-corrected chi connectivity index (χ2v) is 9.61. The Balaban J connectivity index is 1.24. The van der Waals surface area contributed by atoms with E-state index >= 15 is 0 Å². The molecule has 0 radical (unpaired) electrons. The summed E-state index contributed by atoms with van der Waals surface area (Å²) < 4.78 is 11.8. The number of aromatic nitrogens is 1. The molecule has 4 aromatic rings. The van der Waals surface area contributed by atoms with Gasteiger partial charge >= 0.3 is 5.97 Å². The van der Waals surface area contributed by atoms with Gasteiger partial charge < -0.3 is 9.15 Å². The Hall–Kier alpha value is -4.01. The molecule has 0 unspecified atom stereocenters. The first-order chi connectivity index (χ1) is 17.6. The zero-order chi connectivity index (χ0) is 24.9. The van der Waals surface area contributed by atoms with Gasteiger partial charge in [0.1, 0.15) is 22.4 Å². The molecule has 1 fully saturated rings. The number of carbonyl (C=O) groups is 2. The van der Waals surface area contributed by atoms with Gasteiger partial charge in [-0.2, -0.15) is 0 Å². The number of carbonyl (C=O) groups excluding carboxylic acids is 2. The molecule has 3 heterocycles. The third-order valence-corrected chi connectivity index (χ3v) is 6.82. The van der Waals surface area contributed by atoms with Crippen molar-refractivity contribution in [2.75, 3.05) is 0 Å². The van der Waals surface area contributed by atoms with Crippen molar-refractivity contribution in [1.29, 1.82) is 0 Å². The van der Waals surface area contributed by atoms with Gasteiger partial charge in [-0.1, -0.05) is 72.5 Å². The molecule has 0 atom stereocenters. The van der Waals surface area contributed by atoms with Crippen molar-refractivity contribution in [2.24, 2.45) is 0 Å². The fraction of sp³-hybridized carbons (Fsp3) is 0.0714. The van der Waals surface area contributed by atoms with E-state index < -0.39 is 5.97 Å². The van der Waals surface area contributed by atoms with Gasteiger partial charge in [-0.25, -0.2) is 4.79 Å². The van der Waals surface area contributed by atoms with E-state index in [0.717, 1.165) is 11.1 Å². The molecule has 0 spiro atoms. The maximum Gasteiger partial charge on any atom is 0.338 e. The van der Waals surface area contributed by atoms with Crippen LogP contribution in [0.2, 0.25) is 0 Å². The van der Waals surface area contributed by atoms with Crippen LogP contribution in [0, 0.1) is 0 Å². The number of thiocarbonyl (C=S) groups is 1. The number of esters is 1. The molecule has 1 aliphatic rings. The number of benzene rings is 2.